The first-order chi connectivity index (χ1) is 12.6. The first kappa shape index (κ1) is 17.2. The number of aromatic amines is 1. The molecule has 1 spiro atoms. The summed E-state index contributed by atoms with van der Waals surface area (Å²) in [5.41, 5.74) is 1.01. The number of rotatable bonds is 3. The highest BCUT2D eigenvalue weighted by Gasteiger charge is 2.42. The molecule has 2 aromatic rings. The molecule has 4 heterocycles. The third-order valence-corrected chi connectivity index (χ3v) is 4.85. The van der Waals surface area contributed by atoms with E-state index in [1.807, 2.05) is 18.0 Å². The first-order valence-electron chi connectivity index (χ1n) is 8.85. The van der Waals surface area contributed by atoms with Gasteiger partial charge in [-0.3, -0.25) is 19.5 Å². The Labute approximate surface area is 151 Å². The summed E-state index contributed by atoms with van der Waals surface area (Å²) in [4.78, 5) is 16.9. The molecule has 2 aliphatic heterocycles. The molecule has 0 bridgehead atoms. The second kappa shape index (κ2) is 7.18. The molecule has 1 unspecified atom stereocenters. The van der Waals surface area contributed by atoms with Crippen LogP contribution in [-0.2, 0) is 23.1 Å². The molecule has 0 saturated carbocycles. The van der Waals surface area contributed by atoms with Crippen molar-refractivity contribution in [2.45, 2.75) is 12.1 Å². The molecule has 1 atom stereocenters. The molecule has 26 heavy (non-hydrogen) atoms. The maximum Gasteiger partial charge on any atom is 0.274 e. The number of carbonyl (C=O) groups excluding carboxylic acids is 1. The van der Waals surface area contributed by atoms with Crippen LogP contribution in [0.3, 0.4) is 0 Å². The lowest BCUT2D eigenvalue weighted by atomic mass is 10.0. The van der Waals surface area contributed by atoms with Gasteiger partial charge in [-0.1, -0.05) is 0 Å². The molecule has 1 N–H and O–H groups in total. The maximum atomic E-state index is 12.8. The van der Waals surface area contributed by atoms with Gasteiger partial charge in [-0.15, -0.1) is 0 Å². The van der Waals surface area contributed by atoms with Crippen molar-refractivity contribution in [2.75, 3.05) is 46.0 Å². The number of nitrogens with zero attached hydrogens (tertiary/aromatic N) is 5. The monoisotopic (exact) mass is 360 g/mol. The molecule has 0 aromatic carbocycles. The van der Waals surface area contributed by atoms with Crippen molar-refractivity contribution in [3.05, 3.63) is 35.9 Å². The van der Waals surface area contributed by atoms with Crippen molar-refractivity contribution in [3.63, 3.8) is 0 Å². The predicted octanol–water partition coefficient (Wildman–Crippen LogP) is -0.113. The van der Waals surface area contributed by atoms with Gasteiger partial charge in [0.05, 0.1) is 26.4 Å². The molecule has 140 valence electrons. The molecule has 9 heteroatoms. The Morgan fingerprint density at radius 2 is 2.23 bits per heavy atom. The Kier molecular flexibility index (Phi) is 4.75. The van der Waals surface area contributed by atoms with Crippen LogP contribution in [0.4, 0.5) is 0 Å². The number of aryl methyl sites for hydroxylation is 1. The highest BCUT2D eigenvalue weighted by atomic mass is 16.5. The summed E-state index contributed by atoms with van der Waals surface area (Å²) in [5.74, 6) is -0.0577. The van der Waals surface area contributed by atoms with E-state index in [1.165, 1.54) is 0 Å². The third kappa shape index (κ3) is 3.64. The average molecular weight is 360 g/mol. The summed E-state index contributed by atoms with van der Waals surface area (Å²) in [6.07, 6.45) is 3.54. The van der Waals surface area contributed by atoms with Crippen molar-refractivity contribution < 1.29 is 14.3 Å². The van der Waals surface area contributed by atoms with Gasteiger partial charge in [0, 0.05) is 51.3 Å². The van der Waals surface area contributed by atoms with Gasteiger partial charge >= 0.3 is 0 Å². The summed E-state index contributed by atoms with van der Waals surface area (Å²) in [5, 5.41) is 11.2. The summed E-state index contributed by atoms with van der Waals surface area (Å²) in [6, 6.07) is 3.72. The fourth-order valence-corrected chi connectivity index (χ4v) is 3.62. The molecule has 1 amide bonds. The fraction of sp³-hybridized carbons (Fsp3) is 0.588. The van der Waals surface area contributed by atoms with Crippen molar-refractivity contribution >= 4 is 5.91 Å². The van der Waals surface area contributed by atoms with Crippen LogP contribution in [0.25, 0.3) is 0 Å². The highest BCUT2D eigenvalue weighted by molar-refractivity contribution is 5.92. The van der Waals surface area contributed by atoms with E-state index in [2.05, 4.69) is 20.2 Å². The van der Waals surface area contributed by atoms with Crippen LogP contribution in [0.2, 0.25) is 0 Å². The molecular weight excluding hydrogens is 336 g/mol. The average Bonchev–Trinajstić information content (AvgIpc) is 3.26. The number of nitrogens with one attached hydrogen (secondary N) is 1. The largest absolute Gasteiger partial charge is 0.377 e. The Hall–Kier alpha value is -2.23. The minimum Gasteiger partial charge on any atom is -0.377 e. The van der Waals surface area contributed by atoms with Gasteiger partial charge < -0.3 is 14.4 Å². The molecule has 2 saturated heterocycles. The lowest BCUT2D eigenvalue weighted by Gasteiger charge is -2.43. The van der Waals surface area contributed by atoms with Crippen molar-refractivity contribution in [1.29, 1.82) is 0 Å². The molecule has 2 fully saturated rings. The van der Waals surface area contributed by atoms with E-state index in [0.29, 0.717) is 45.1 Å². The van der Waals surface area contributed by atoms with Gasteiger partial charge in [-0.05, 0) is 12.1 Å². The van der Waals surface area contributed by atoms with Gasteiger partial charge in [0.2, 0.25) is 0 Å². The number of amides is 1. The quantitative estimate of drug-likeness (QED) is 0.822. The number of H-pyrrole nitrogens is 1. The van der Waals surface area contributed by atoms with Crippen LogP contribution in [0.1, 0.15) is 16.2 Å². The van der Waals surface area contributed by atoms with E-state index in [-0.39, 0.29) is 5.91 Å². The van der Waals surface area contributed by atoms with Crippen LogP contribution >= 0.6 is 0 Å². The van der Waals surface area contributed by atoms with Gasteiger partial charge in [0.1, 0.15) is 11.3 Å². The van der Waals surface area contributed by atoms with Crippen LogP contribution < -0.4 is 0 Å². The number of hydrogen-bond acceptors (Lipinski definition) is 6. The summed E-state index contributed by atoms with van der Waals surface area (Å²) in [6.45, 7) is 4.98. The molecule has 4 rings (SSSR count). The fourth-order valence-electron chi connectivity index (χ4n) is 3.62. The minimum absolute atomic E-state index is 0.0577. The Morgan fingerprint density at radius 3 is 3.00 bits per heavy atom. The number of morpholine rings is 1. The summed E-state index contributed by atoms with van der Waals surface area (Å²) >= 11 is 0. The summed E-state index contributed by atoms with van der Waals surface area (Å²) in [7, 11) is 1.81. The minimum atomic E-state index is -0.515. The van der Waals surface area contributed by atoms with E-state index in [4.69, 9.17) is 9.47 Å². The van der Waals surface area contributed by atoms with Gasteiger partial charge in [0.15, 0.2) is 0 Å². The SMILES string of the molecule is Cn1ccc(C(=O)N2CCOC3(COCCN(Cc4ccn[nH]4)C3)C2)n1. The smallest absolute Gasteiger partial charge is 0.274 e. The second-order valence-electron chi connectivity index (χ2n) is 6.98. The van der Waals surface area contributed by atoms with Gasteiger partial charge in [-0.2, -0.15) is 10.2 Å². The standard InChI is InChI=1S/C17H24N6O3/c1-21-5-3-15(20-21)16(24)23-7-9-26-17(12-23)11-22(6-8-25-13-17)10-14-2-4-18-19-14/h2-5H,6-13H2,1H3,(H,18,19). The zero-order chi connectivity index (χ0) is 18.0. The third-order valence-electron chi connectivity index (χ3n) is 4.85. The number of ether oxygens (including phenoxy) is 2. The first-order valence-corrected chi connectivity index (χ1v) is 8.85. The zero-order valence-corrected chi connectivity index (χ0v) is 14.9. The molecule has 2 aliphatic rings. The molecule has 0 aliphatic carbocycles. The zero-order valence-electron chi connectivity index (χ0n) is 14.9. The van der Waals surface area contributed by atoms with E-state index in [0.717, 1.165) is 18.8 Å². The lowest BCUT2D eigenvalue weighted by Crippen LogP contribution is -2.59. The molecule has 9 nitrogen and oxygen atoms in total. The molecular formula is C17H24N6O3. The van der Waals surface area contributed by atoms with E-state index in [1.54, 1.807) is 23.1 Å². The van der Waals surface area contributed by atoms with Crippen molar-refractivity contribution in [2.24, 2.45) is 7.05 Å². The normalized spacial score (nSPS) is 24.7. The maximum absolute atomic E-state index is 12.8. The molecule has 0 radical (unpaired) electrons. The Balaban J connectivity index is 1.47. The Bertz CT molecular complexity index is 746. The van der Waals surface area contributed by atoms with Crippen molar-refractivity contribution in [1.82, 2.24) is 29.8 Å². The van der Waals surface area contributed by atoms with E-state index >= 15 is 0 Å². The van der Waals surface area contributed by atoms with Crippen LogP contribution in [0, 0.1) is 0 Å². The second-order valence-corrected chi connectivity index (χ2v) is 6.98. The van der Waals surface area contributed by atoms with Crippen LogP contribution in [0.5, 0.6) is 0 Å². The lowest BCUT2D eigenvalue weighted by molar-refractivity contribution is -0.133. The van der Waals surface area contributed by atoms with Crippen LogP contribution in [0.15, 0.2) is 24.5 Å². The number of hydrogen-bond donors (Lipinski definition) is 1. The predicted molar refractivity (Wildman–Crippen MR) is 92.5 cm³/mol. The number of aromatic nitrogens is 4. The highest BCUT2D eigenvalue weighted by Crippen LogP contribution is 2.24. The van der Waals surface area contributed by atoms with Crippen LogP contribution in [-0.4, -0.2) is 87.3 Å². The van der Waals surface area contributed by atoms with Crippen molar-refractivity contribution in [3.8, 4) is 0 Å². The van der Waals surface area contributed by atoms with Gasteiger partial charge in [-0.25, -0.2) is 0 Å². The van der Waals surface area contributed by atoms with E-state index < -0.39 is 5.60 Å². The number of carbonyl (C=O) groups is 1. The van der Waals surface area contributed by atoms with E-state index in [9.17, 15) is 4.79 Å². The van der Waals surface area contributed by atoms with Gasteiger partial charge in [0.25, 0.3) is 5.91 Å². The molecule has 2 aromatic heterocycles. The summed E-state index contributed by atoms with van der Waals surface area (Å²) < 4.78 is 13.6. The topological polar surface area (TPSA) is 88.5 Å². The Morgan fingerprint density at radius 1 is 1.31 bits per heavy atom.